The highest BCUT2D eigenvalue weighted by Gasteiger charge is 2.13. The van der Waals surface area contributed by atoms with Crippen molar-refractivity contribution in [1.82, 2.24) is 15.5 Å². The van der Waals surface area contributed by atoms with Crippen LogP contribution in [0, 0.1) is 12.7 Å². The van der Waals surface area contributed by atoms with Crippen LogP contribution in [0.2, 0.25) is 4.34 Å². The van der Waals surface area contributed by atoms with E-state index < -0.39 is 5.82 Å². The molecule has 8 heteroatoms. The number of carbonyl (C=O) groups is 2. The summed E-state index contributed by atoms with van der Waals surface area (Å²) < 4.78 is 14.2. The van der Waals surface area contributed by atoms with Gasteiger partial charge in [-0.05, 0) is 43.7 Å². The SMILES string of the molecule is CCN(Cc1ccc(Cl)s1)C(=O)NCCNC(=O)c1ccc(C)c(F)c1. The van der Waals surface area contributed by atoms with Crippen LogP contribution < -0.4 is 10.6 Å². The first-order chi connectivity index (χ1) is 12.4. The van der Waals surface area contributed by atoms with Gasteiger partial charge in [-0.25, -0.2) is 9.18 Å². The van der Waals surface area contributed by atoms with Crippen LogP contribution in [-0.4, -0.2) is 36.5 Å². The maximum atomic E-state index is 13.5. The maximum absolute atomic E-state index is 13.5. The van der Waals surface area contributed by atoms with Crippen LogP contribution in [0.3, 0.4) is 0 Å². The van der Waals surface area contributed by atoms with Gasteiger partial charge in [-0.2, -0.15) is 0 Å². The van der Waals surface area contributed by atoms with Crippen molar-refractivity contribution in [1.29, 1.82) is 0 Å². The molecule has 26 heavy (non-hydrogen) atoms. The van der Waals surface area contributed by atoms with E-state index in [-0.39, 0.29) is 30.6 Å². The molecule has 2 aromatic rings. The molecular weight excluding hydrogens is 377 g/mol. The summed E-state index contributed by atoms with van der Waals surface area (Å²) in [6.45, 7) is 5.09. The third-order valence-corrected chi connectivity index (χ3v) is 4.98. The molecule has 0 atom stereocenters. The van der Waals surface area contributed by atoms with Crippen LogP contribution >= 0.6 is 22.9 Å². The molecule has 2 rings (SSSR count). The van der Waals surface area contributed by atoms with E-state index in [1.807, 2.05) is 13.0 Å². The van der Waals surface area contributed by atoms with Crippen molar-refractivity contribution in [2.24, 2.45) is 0 Å². The zero-order valence-corrected chi connectivity index (χ0v) is 16.2. The molecule has 5 nitrogen and oxygen atoms in total. The van der Waals surface area contributed by atoms with Crippen molar-refractivity contribution in [3.63, 3.8) is 0 Å². The lowest BCUT2D eigenvalue weighted by Crippen LogP contribution is -2.42. The van der Waals surface area contributed by atoms with Gasteiger partial charge in [0.15, 0.2) is 0 Å². The zero-order valence-electron chi connectivity index (χ0n) is 14.6. The molecule has 0 saturated heterocycles. The lowest BCUT2D eigenvalue weighted by molar-refractivity contribution is 0.0953. The number of urea groups is 1. The Balaban J connectivity index is 1.76. The minimum absolute atomic E-state index is 0.215. The first kappa shape index (κ1) is 20.2. The second-order valence-electron chi connectivity index (χ2n) is 5.67. The van der Waals surface area contributed by atoms with E-state index in [1.165, 1.54) is 17.4 Å². The van der Waals surface area contributed by atoms with Crippen molar-refractivity contribution in [2.75, 3.05) is 19.6 Å². The van der Waals surface area contributed by atoms with Crippen molar-refractivity contribution in [2.45, 2.75) is 20.4 Å². The van der Waals surface area contributed by atoms with Crippen LogP contribution in [0.5, 0.6) is 0 Å². The molecule has 0 aliphatic rings. The number of hydrogen-bond donors (Lipinski definition) is 2. The average molecular weight is 398 g/mol. The molecule has 0 aliphatic carbocycles. The van der Waals surface area contributed by atoms with Crippen LogP contribution in [0.15, 0.2) is 30.3 Å². The molecule has 1 heterocycles. The van der Waals surface area contributed by atoms with E-state index in [0.717, 1.165) is 4.88 Å². The van der Waals surface area contributed by atoms with E-state index in [0.29, 0.717) is 23.0 Å². The van der Waals surface area contributed by atoms with Crippen molar-refractivity contribution < 1.29 is 14.0 Å². The van der Waals surface area contributed by atoms with Crippen LogP contribution in [-0.2, 0) is 6.54 Å². The maximum Gasteiger partial charge on any atom is 0.317 e. The number of rotatable bonds is 7. The quantitative estimate of drug-likeness (QED) is 0.698. The number of hydrogen-bond acceptors (Lipinski definition) is 3. The topological polar surface area (TPSA) is 61.4 Å². The molecule has 0 fully saturated rings. The first-order valence-corrected chi connectivity index (χ1v) is 9.41. The number of benzene rings is 1. The first-order valence-electron chi connectivity index (χ1n) is 8.22. The fourth-order valence-corrected chi connectivity index (χ4v) is 3.35. The molecular formula is C18H21ClFN3O2S. The Labute approximate surface area is 161 Å². The minimum Gasteiger partial charge on any atom is -0.350 e. The van der Waals surface area contributed by atoms with Crippen LogP contribution in [0.4, 0.5) is 9.18 Å². The lowest BCUT2D eigenvalue weighted by Gasteiger charge is -2.20. The van der Waals surface area contributed by atoms with E-state index in [2.05, 4.69) is 10.6 Å². The van der Waals surface area contributed by atoms with Gasteiger partial charge in [-0.3, -0.25) is 4.79 Å². The number of amides is 3. The Morgan fingerprint density at radius 3 is 2.54 bits per heavy atom. The van der Waals surface area contributed by atoms with Gasteiger partial charge < -0.3 is 15.5 Å². The van der Waals surface area contributed by atoms with Crippen LogP contribution in [0.1, 0.15) is 27.7 Å². The number of aryl methyl sites for hydroxylation is 1. The molecule has 3 amide bonds. The van der Waals surface area contributed by atoms with E-state index in [9.17, 15) is 14.0 Å². The average Bonchev–Trinajstić information content (AvgIpc) is 3.03. The highest BCUT2D eigenvalue weighted by atomic mass is 35.5. The van der Waals surface area contributed by atoms with E-state index >= 15 is 0 Å². The fourth-order valence-electron chi connectivity index (χ4n) is 2.25. The van der Waals surface area contributed by atoms with E-state index in [1.54, 1.807) is 30.0 Å². The minimum atomic E-state index is -0.418. The van der Waals surface area contributed by atoms with Crippen molar-refractivity contribution >= 4 is 34.9 Å². The molecule has 0 saturated carbocycles. The number of halogens is 2. The second kappa shape index (κ2) is 9.54. The third kappa shape index (κ3) is 5.71. The molecule has 1 aromatic carbocycles. The van der Waals surface area contributed by atoms with Crippen molar-refractivity contribution in [3.05, 3.63) is 56.5 Å². The van der Waals surface area contributed by atoms with Crippen LogP contribution in [0.25, 0.3) is 0 Å². The summed E-state index contributed by atoms with van der Waals surface area (Å²) in [6.07, 6.45) is 0. The third-order valence-electron chi connectivity index (χ3n) is 3.77. The summed E-state index contributed by atoms with van der Waals surface area (Å²) >= 11 is 7.34. The molecule has 1 aromatic heterocycles. The Kier molecular flexibility index (Phi) is 7.41. The standard InChI is InChI=1S/C18H21ClFN3O2S/c1-3-23(11-14-6-7-16(19)26-14)18(25)22-9-8-21-17(24)13-5-4-12(2)15(20)10-13/h4-7,10H,3,8-9,11H2,1-2H3,(H,21,24)(H,22,25). The summed E-state index contributed by atoms with van der Waals surface area (Å²) in [6, 6.07) is 7.81. The number of thiophene rings is 1. The fraction of sp³-hybridized carbons (Fsp3) is 0.333. The Hall–Kier alpha value is -2.12. The monoisotopic (exact) mass is 397 g/mol. The normalized spacial score (nSPS) is 10.5. The largest absolute Gasteiger partial charge is 0.350 e. The van der Waals surface area contributed by atoms with Gasteiger partial charge in [-0.1, -0.05) is 17.7 Å². The number of nitrogens with one attached hydrogen (secondary N) is 2. The molecule has 2 N–H and O–H groups in total. The number of carbonyl (C=O) groups excluding carboxylic acids is 2. The van der Waals surface area contributed by atoms with Gasteiger partial charge in [0.05, 0.1) is 10.9 Å². The highest BCUT2D eigenvalue weighted by Crippen LogP contribution is 2.22. The lowest BCUT2D eigenvalue weighted by atomic mass is 10.1. The molecule has 0 radical (unpaired) electrons. The summed E-state index contributed by atoms with van der Waals surface area (Å²) in [5.74, 6) is -0.794. The zero-order chi connectivity index (χ0) is 19.1. The summed E-state index contributed by atoms with van der Waals surface area (Å²) in [5.41, 5.74) is 0.740. The Bertz CT molecular complexity index is 782. The molecule has 0 spiro atoms. The summed E-state index contributed by atoms with van der Waals surface area (Å²) in [7, 11) is 0. The van der Waals surface area contributed by atoms with Gasteiger partial charge in [0, 0.05) is 30.1 Å². The van der Waals surface area contributed by atoms with Gasteiger partial charge in [-0.15, -0.1) is 11.3 Å². The Morgan fingerprint density at radius 1 is 1.19 bits per heavy atom. The predicted octanol–water partition coefficient (Wildman–Crippen LogP) is 3.81. The van der Waals surface area contributed by atoms with Gasteiger partial charge in [0.1, 0.15) is 5.82 Å². The Morgan fingerprint density at radius 2 is 1.92 bits per heavy atom. The van der Waals surface area contributed by atoms with Gasteiger partial charge >= 0.3 is 6.03 Å². The summed E-state index contributed by atoms with van der Waals surface area (Å²) in [4.78, 5) is 26.8. The molecule has 140 valence electrons. The summed E-state index contributed by atoms with van der Waals surface area (Å²) in [5, 5.41) is 5.41. The highest BCUT2D eigenvalue weighted by molar-refractivity contribution is 7.16. The van der Waals surface area contributed by atoms with Gasteiger partial charge in [0.25, 0.3) is 5.91 Å². The molecule has 0 aliphatic heterocycles. The molecule has 0 unspecified atom stereocenters. The van der Waals surface area contributed by atoms with Gasteiger partial charge in [0.2, 0.25) is 0 Å². The smallest absolute Gasteiger partial charge is 0.317 e. The number of nitrogens with zero attached hydrogens (tertiary/aromatic N) is 1. The predicted molar refractivity (Wildman–Crippen MR) is 102 cm³/mol. The van der Waals surface area contributed by atoms with E-state index in [4.69, 9.17) is 11.6 Å². The molecule has 0 bridgehead atoms. The van der Waals surface area contributed by atoms with Crippen molar-refractivity contribution in [3.8, 4) is 0 Å². The second-order valence-corrected chi connectivity index (χ2v) is 7.47.